The van der Waals surface area contributed by atoms with Crippen molar-refractivity contribution in [3.8, 4) is 0 Å². The molecule has 0 saturated carbocycles. The summed E-state index contributed by atoms with van der Waals surface area (Å²) in [6, 6.07) is 0. The molecule has 110 valence electrons. The lowest BCUT2D eigenvalue weighted by molar-refractivity contribution is -0.130. The van der Waals surface area contributed by atoms with Crippen LogP contribution in [0.1, 0.15) is 12.8 Å². The maximum absolute atomic E-state index is 11.3. The number of ether oxygens (including phenoxy) is 1. The van der Waals surface area contributed by atoms with Crippen molar-refractivity contribution in [1.29, 1.82) is 0 Å². The SMILES string of the molecule is O=C1COCC(=O)NCCCNCCNCCCN1. The molecular weight excluding hydrogens is 248 g/mol. The molecule has 0 aliphatic carbocycles. The first kappa shape index (κ1) is 15.9. The van der Waals surface area contributed by atoms with E-state index in [4.69, 9.17) is 4.74 Å². The molecule has 0 bridgehead atoms. The van der Waals surface area contributed by atoms with Crippen LogP contribution in [0.5, 0.6) is 0 Å². The minimum absolute atomic E-state index is 0.0671. The predicted octanol–water partition coefficient (Wildman–Crippen LogP) is -1.79. The summed E-state index contributed by atoms with van der Waals surface area (Å²) in [7, 11) is 0. The fourth-order valence-corrected chi connectivity index (χ4v) is 1.65. The standard InChI is InChI=1S/C12H24N4O3/c17-11-9-19-10-12(18)16-6-2-4-14-8-7-13-3-1-5-15-11/h13-14H,1-10H2,(H,15,17)(H,16,18). The number of carbonyl (C=O) groups excluding carboxylic acids is 2. The summed E-state index contributed by atoms with van der Waals surface area (Å²) in [5.74, 6) is -0.363. The molecule has 1 rings (SSSR count). The van der Waals surface area contributed by atoms with Crippen molar-refractivity contribution in [1.82, 2.24) is 21.3 Å². The van der Waals surface area contributed by atoms with Crippen LogP contribution in [0.2, 0.25) is 0 Å². The van der Waals surface area contributed by atoms with Crippen LogP contribution >= 0.6 is 0 Å². The molecule has 4 N–H and O–H groups in total. The van der Waals surface area contributed by atoms with Gasteiger partial charge in [0.05, 0.1) is 0 Å². The second-order valence-electron chi connectivity index (χ2n) is 4.40. The van der Waals surface area contributed by atoms with E-state index in [2.05, 4.69) is 21.3 Å². The van der Waals surface area contributed by atoms with Gasteiger partial charge >= 0.3 is 0 Å². The zero-order valence-electron chi connectivity index (χ0n) is 11.3. The van der Waals surface area contributed by atoms with E-state index < -0.39 is 0 Å². The fourth-order valence-electron chi connectivity index (χ4n) is 1.65. The van der Waals surface area contributed by atoms with E-state index in [-0.39, 0.29) is 25.0 Å². The van der Waals surface area contributed by atoms with Crippen LogP contribution in [0.3, 0.4) is 0 Å². The van der Waals surface area contributed by atoms with Crippen molar-refractivity contribution in [2.24, 2.45) is 0 Å². The Morgan fingerprint density at radius 2 is 1.16 bits per heavy atom. The van der Waals surface area contributed by atoms with Gasteiger partial charge in [0, 0.05) is 26.2 Å². The molecule has 19 heavy (non-hydrogen) atoms. The van der Waals surface area contributed by atoms with E-state index >= 15 is 0 Å². The summed E-state index contributed by atoms with van der Waals surface area (Å²) in [6.45, 7) is 4.67. The van der Waals surface area contributed by atoms with Crippen molar-refractivity contribution in [2.45, 2.75) is 12.8 Å². The zero-order valence-corrected chi connectivity index (χ0v) is 11.3. The maximum Gasteiger partial charge on any atom is 0.246 e. The molecule has 7 nitrogen and oxygen atoms in total. The van der Waals surface area contributed by atoms with Gasteiger partial charge in [0.2, 0.25) is 11.8 Å². The van der Waals surface area contributed by atoms with Crippen molar-refractivity contribution in [2.75, 3.05) is 52.5 Å². The van der Waals surface area contributed by atoms with Crippen molar-refractivity contribution < 1.29 is 14.3 Å². The smallest absolute Gasteiger partial charge is 0.246 e. The third-order valence-corrected chi connectivity index (χ3v) is 2.65. The Kier molecular flexibility index (Phi) is 8.95. The van der Waals surface area contributed by atoms with Gasteiger partial charge in [-0.15, -0.1) is 0 Å². The molecule has 0 atom stereocenters. The summed E-state index contributed by atoms with van der Waals surface area (Å²) < 4.78 is 5.03. The Morgan fingerprint density at radius 3 is 1.63 bits per heavy atom. The lowest BCUT2D eigenvalue weighted by Gasteiger charge is -2.07. The quantitative estimate of drug-likeness (QED) is 0.418. The average molecular weight is 272 g/mol. The van der Waals surface area contributed by atoms with Gasteiger partial charge in [-0.25, -0.2) is 0 Å². The van der Waals surface area contributed by atoms with Gasteiger partial charge < -0.3 is 26.0 Å². The zero-order chi connectivity index (χ0) is 13.8. The van der Waals surface area contributed by atoms with Crippen LogP contribution in [-0.2, 0) is 14.3 Å². The number of carbonyl (C=O) groups is 2. The largest absolute Gasteiger partial charge is 0.362 e. The third kappa shape index (κ3) is 9.40. The lowest BCUT2D eigenvalue weighted by Crippen LogP contribution is -2.33. The first-order valence-electron chi connectivity index (χ1n) is 6.81. The highest BCUT2D eigenvalue weighted by molar-refractivity contribution is 5.79. The van der Waals surface area contributed by atoms with E-state index in [1.165, 1.54) is 0 Å². The predicted molar refractivity (Wildman–Crippen MR) is 71.8 cm³/mol. The van der Waals surface area contributed by atoms with Crippen LogP contribution in [0.25, 0.3) is 0 Å². The van der Waals surface area contributed by atoms with Gasteiger partial charge in [0.1, 0.15) is 13.2 Å². The molecule has 1 aliphatic rings. The normalized spacial score (nSPS) is 22.1. The summed E-state index contributed by atoms with van der Waals surface area (Å²) in [6.07, 6.45) is 1.76. The van der Waals surface area contributed by atoms with Gasteiger partial charge in [0.15, 0.2) is 0 Å². The molecule has 1 saturated heterocycles. The maximum atomic E-state index is 11.3. The van der Waals surface area contributed by atoms with Gasteiger partial charge in [-0.1, -0.05) is 0 Å². The molecule has 0 aromatic rings. The average Bonchev–Trinajstić information content (AvgIpc) is 2.39. The van der Waals surface area contributed by atoms with E-state index in [0.717, 1.165) is 39.0 Å². The molecule has 1 heterocycles. The van der Waals surface area contributed by atoms with Crippen LogP contribution in [0.4, 0.5) is 0 Å². The van der Waals surface area contributed by atoms with Gasteiger partial charge in [-0.05, 0) is 25.9 Å². The van der Waals surface area contributed by atoms with Crippen LogP contribution in [0, 0.1) is 0 Å². The highest BCUT2D eigenvalue weighted by Gasteiger charge is 2.04. The number of rotatable bonds is 0. The fraction of sp³-hybridized carbons (Fsp3) is 0.833. The molecule has 1 fully saturated rings. The van der Waals surface area contributed by atoms with Crippen molar-refractivity contribution in [3.63, 3.8) is 0 Å². The monoisotopic (exact) mass is 272 g/mol. The summed E-state index contributed by atoms with van der Waals surface area (Å²) >= 11 is 0. The van der Waals surface area contributed by atoms with Crippen molar-refractivity contribution >= 4 is 11.8 Å². The summed E-state index contributed by atoms with van der Waals surface area (Å²) in [5.41, 5.74) is 0. The molecule has 0 radical (unpaired) electrons. The Balaban J connectivity index is 2.22. The number of amides is 2. The molecule has 0 aromatic heterocycles. The summed E-state index contributed by atoms with van der Waals surface area (Å²) in [4.78, 5) is 22.7. The number of nitrogens with one attached hydrogen (secondary N) is 4. The van der Waals surface area contributed by atoms with Crippen LogP contribution in [-0.4, -0.2) is 64.3 Å². The second-order valence-corrected chi connectivity index (χ2v) is 4.40. The summed E-state index contributed by atoms with van der Waals surface area (Å²) in [5, 5.41) is 12.1. The van der Waals surface area contributed by atoms with E-state index in [9.17, 15) is 9.59 Å². The van der Waals surface area contributed by atoms with Gasteiger partial charge in [-0.3, -0.25) is 9.59 Å². The number of hydrogen-bond donors (Lipinski definition) is 4. The Labute approximate surface area is 113 Å². The molecule has 1 aliphatic heterocycles. The number of hydrogen-bond acceptors (Lipinski definition) is 5. The molecule has 2 amide bonds. The van der Waals surface area contributed by atoms with Gasteiger partial charge in [0.25, 0.3) is 0 Å². The van der Waals surface area contributed by atoms with E-state index in [0.29, 0.717) is 13.1 Å². The van der Waals surface area contributed by atoms with E-state index in [1.54, 1.807) is 0 Å². The van der Waals surface area contributed by atoms with Crippen LogP contribution in [0.15, 0.2) is 0 Å². The first-order valence-corrected chi connectivity index (χ1v) is 6.81. The lowest BCUT2D eigenvalue weighted by atomic mass is 10.4. The Morgan fingerprint density at radius 1 is 0.684 bits per heavy atom. The minimum atomic E-state index is -0.182. The first-order chi connectivity index (χ1) is 9.29. The second kappa shape index (κ2) is 10.7. The molecule has 7 heteroatoms. The Bertz CT molecular complexity index is 248. The molecule has 0 unspecified atom stereocenters. The van der Waals surface area contributed by atoms with Gasteiger partial charge in [-0.2, -0.15) is 0 Å². The Hall–Kier alpha value is -1.18. The highest BCUT2D eigenvalue weighted by Crippen LogP contribution is 1.81. The molecule has 0 spiro atoms. The molecule has 0 aromatic carbocycles. The van der Waals surface area contributed by atoms with E-state index in [1.807, 2.05) is 0 Å². The topological polar surface area (TPSA) is 91.5 Å². The molecular formula is C12H24N4O3. The van der Waals surface area contributed by atoms with Crippen LogP contribution < -0.4 is 21.3 Å². The third-order valence-electron chi connectivity index (χ3n) is 2.65. The van der Waals surface area contributed by atoms with Crippen molar-refractivity contribution in [3.05, 3.63) is 0 Å². The highest BCUT2D eigenvalue weighted by atomic mass is 16.5. The minimum Gasteiger partial charge on any atom is -0.362 e.